The van der Waals surface area contributed by atoms with Gasteiger partial charge in [0.05, 0.1) is 5.69 Å². The highest BCUT2D eigenvalue weighted by molar-refractivity contribution is 5.80. The molecule has 1 fully saturated rings. The van der Waals surface area contributed by atoms with E-state index in [-0.39, 0.29) is 0 Å². The predicted molar refractivity (Wildman–Crippen MR) is 112 cm³/mol. The van der Waals surface area contributed by atoms with Gasteiger partial charge >= 0.3 is 0 Å². The number of aromatic nitrogens is 2. The molecule has 0 aliphatic heterocycles. The van der Waals surface area contributed by atoms with E-state index in [9.17, 15) is 0 Å². The molecule has 1 heterocycles. The maximum absolute atomic E-state index is 5.35. The number of methoxy groups -OCH3 is 1. The summed E-state index contributed by atoms with van der Waals surface area (Å²) in [4.78, 5) is 4.97. The molecule has 27 heavy (non-hydrogen) atoms. The lowest BCUT2D eigenvalue weighted by Gasteiger charge is -2.27. The minimum absolute atomic E-state index is 0.294. The first kappa shape index (κ1) is 21.7. The molecule has 1 aliphatic rings. The van der Waals surface area contributed by atoms with Crippen molar-refractivity contribution >= 4 is 5.96 Å². The summed E-state index contributed by atoms with van der Waals surface area (Å²) < 4.78 is 7.32. The summed E-state index contributed by atoms with van der Waals surface area (Å²) in [5.74, 6) is 0.924. The molecule has 6 nitrogen and oxygen atoms in total. The normalized spacial score (nSPS) is 17.9. The largest absolute Gasteiger partial charge is 0.385 e. The number of aliphatic imine (C=N–C) groups is 1. The summed E-state index contributed by atoms with van der Waals surface area (Å²) in [6.07, 6.45) is 7.23. The Morgan fingerprint density at radius 1 is 1.33 bits per heavy atom. The minimum atomic E-state index is 0.294. The molecule has 0 spiro atoms. The average Bonchev–Trinajstić information content (AvgIpc) is 3.19. The Bertz CT molecular complexity index is 616. The Balaban J connectivity index is 2.01. The summed E-state index contributed by atoms with van der Waals surface area (Å²) in [5, 5.41) is 11.6. The van der Waals surface area contributed by atoms with Gasteiger partial charge in [0.25, 0.3) is 0 Å². The molecular weight excluding hydrogens is 338 g/mol. The topological polar surface area (TPSA) is 63.5 Å². The summed E-state index contributed by atoms with van der Waals surface area (Å²) in [7, 11) is 3.80. The third kappa shape index (κ3) is 5.96. The summed E-state index contributed by atoms with van der Waals surface area (Å²) in [5.41, 5.74) is 4.02. The summed E-state index contributed by atoms with van der Waals surface area (Å²) in [6.45, 7) is 11.1. The molecule has 0 aromatic carbocycles. The van der Waals surface area contributed by atoms with Gasteiger partial charge in [0, 0.05) is 45.6 Å². The van der Waals surface area contributed by atoms with Gasteiger partial charge in [-0.25, -0.2) is 0 Å². The zero-order valence-electron chi connectivity index (χ0n) is 18.2. The zero-order valence-corrected chi connectivity index (χ0v) is 18.2. The highest BCUT2D eigenvalue weighted by atomic mass is 16.5. The fraction of sp³-hybridized carbons (Fsp3) is 0.810. The van der Waals surface area contributed by atoms with Crippen LogP contribution in [0.4, 0.5) is 0 Å². The third-order valence-electron chi connectivity index (χ3n) is 5.97. The SMILES string of the molecule is CCNC(=NCC1(CCOC)CCCC1)NC(C)Cc1c(C)nn(C)c1C. The number of ether oxygens (including phenoxy) is 1. The van der Waals surface area contributed by atoms with E-state index in [1.165, 1.54) is 36.9 Å². The number of nitrogens with one attached hydrogen (secondary N) is 2. The highest BCUT2D eigenvalue weighted by Gasteiger charge is 2.33. The number of nitrogens with zero attached hydrogens (tertiary/aromatic N) is 3. The monoisotopic (exact) mass is 377 g/mol. The molecule has 2 N–H and O–H groups in total. The van der Waals surface area contributed by atoms with Crippen molar-refractivity contribution in [1.82, 2.24) is 20.4 Å². The standard InChI is InChI=1S/C21H39N5O/c1-7-22-20(23-15-21(12-13-27-6)10-8-9-11-21)24-16(2)14-19-17(3)25-26(5)18(19)4/h16H,7-15H2,1-6H3,(H2,22,23,24). The molecule has 1 saturated carbocycles. The van der Waals surface area contributed by atoms with Gasteiger partial charge in [0.2, 0.25) is 0 Å². The lowest BCUT2D eigenvalue weighted by molar-refractivity contribution is 0.141. The van der Waals surface area contributed by atoms with Crippen molar-refractivity contribution in [3.63, 3.8) is 0 Å². The van der Waals surface area contributed by atoms with Gasteiger partial charge in [-0.1, -0.05) is 12.8 Å². The van der Waals surface area contributed by atoms with Crippen LogP contribution < -0.4 is 10.6 Å². The lowest BCUT2D eigenvalue weighted by atomic mass is 9.83. The van der Waals surface area contributed by atoms with E-state index in [1.807, 2.05) is 11.7 Å². The van der Waals surface area contributed by atoms with Crippen LogP contribution in [-0.2, 0) is 18.2 Å². The van der Waals surface area contributed by atoms with Crippen LogP contribution in [0.3, 0.4) is 0 Å². The Morgan fingerprint density at radius 3 is 2.59 bits per heavy atom. The van der Waals surface area contributed by atoms with E-state index in [1.54, 1.807) is 7.11 Å². The smallest absolute Gasteiger partial charge is 0.191 e. The van der Waals surface area contributed by atoms with Crippen molar-refractivity contribution < 1.29 is 4.74 Å². The minimum Gasteiger partial charge on any atom is -0.385 e. The van der Waals surface area contributed by atoms with Crippen molar-refractivity contribution in [3.8, 4) is 0 Å². The Hall–Kier alpha value is -1.56. The lowest BCUT2D eigenvalue weighted by Crippen LogP contribution is -2.43. The van der Waals surface area contributed by atoms with Crippen molar-refractivity contribution in [3.05, 3.63) is 17.0 Å². The van der Waals surface area contributed by atoms with Crippen molar-refractivity contribution in [2.75, 3.05) is 26.8 Å². The van der Waals surface area contributed by atoms with Crippen LogP contribution in [0.2, 0.25) is 0 Å². The highest BCUT2D eigenvalue weighted by Crippen LogP contribution is 2.41. The third-order valence-corrected chi connectivity index (χ3v) is 5.97. The van der Waals surface area contributed by atoms with Crippen LogP contribution in [0.15, 0.2) is 4.99 Å². The number of hydrogen-bond donors (Lipinski definition) is 2. The van der Waals surface area contributed by atoms with Gasteiger partial charge in [-0.2, -0.15) is 5.10 Å². The van der Waals surface area contributed by atoms with Crippen LogP contribution in [0.1, 0.15) is 62.9 Å². The predicted octanol–water partition coefficient (Wildman–Crippen LogP) is 3.12. The first-order chi connectivity index (χ1) is 12.9. The second kappa shape index (κ2) is 10.1. The van der Waals surface area contributed by atoms with Gasteiger partial charge in [0.15, 0.2) is 5.96 Å². The number of guanidine groups is 1. The maximum Gasteiger partial charge on any atom is 0.191 e. The molecule has 1 aromatic heterocycles. The maximum atomic E-state index is 5.35. The van der Waals surface area contributed by atoms with E-state index in [2.05, 4.69) is 43.4 Å². The van der Waals surface area contributed by atoms with Gasteiger partial charge in [-0.15, -0.1) is 0 Å². The van der Waals surface area contributed by atoms with E-state index < -0.39 is 0 Å². The first-order valence-electron chi connectivity index (χ1n) is 10.4. The van der Waals surface area contributed by atoms with Crippen LogP contribution >= 0.6 is 0 Å². The second-order valence-corrected chi connectivity index (χ2v) is 8.17. The Kier molecular flexibility index (Phi) is 8.14. The summed E-state index contributed by atoms with van der Waals surface area (Å²) in [6, 6.07) is 0.294. The van der Waals surface area contributed by atoms with Crippen LogP contribution in [0, 0.1) is 19.3 Å². The van der Waals surface area contributed by atoms with Crippen molar-refractivity contribution in [2.45, 2.75) is 72.3 Å². The molecule has 1 aromatic rings. The van der Waals surface area contributed by atoms with Gasteiger partial charge < -0.3 is 15.4 Å². The van der Waals surface area contributed by atoms with Gasteiger partial charge in [0.1, 0.15) is 0 Å². The molecule has 0 bridgehead atoms. The first-order valence-corrected chi connectivity index (χ1v) is 10.4. The quantitative estimate of drug-likeness (QED) is 0.513. The van der Waals surface area contributed by atoms with E-state index >= 15 is 0 Å². The Morgan fingerprint density at radius 2 is 2.04 bits per heavy atom. The molecule has 0 saturated heterocycles. The fourth-order valence-electron chi connectivity index (χ4n) is 4.20. The molecule has 0 amide bonds. The van der Waals surface area contributed by atoms with E-state index in [0.717, 1.165) is 44.2 Å². The Labute approximate surface area is 165 Å². The molecule has 1 aliphatic carbocycles. The fourth-order valence-corrected chi connectivity index (χ4v) is 4.20. The molecule has 2 rings (SSSR count). The number of hydrogen-bond acceptors (Lipinski definition) is 3. The van der Waals surface area contributed by atoms with Gasteiger partial charge in [-0.05, 0) is 64.4 Å². The van der Waals surface area contributed by atoms with E-state index in [4.69, 9.17) is 9.73 Å². The summed E-state index contributed by atoms with van der Waals surface area (Å²) >= 11 is 0. The van der Waals surface area contributed by atoms with Crippen LogP contribution in [-0.4, -0.2) is 48.6 Å². The van der Waals surface area contributed by atoms with Crippen molar-refractivity contribution in [1.29, 1.82) is 0 Å². The average molecular weight is 378 g/mol. The second-order valence-electron chi connectivity index (χ2n) is 8.17. The van der Waals surface area contributed by atoms with Crippen LogP contribution in [0.5, 0.6) is 0 Å². The zero-order chi connectivity index (χ0) is 19.9. The molecule has 0 radical (unpaired) electrons. The number of aryl methyl sites for hydroxylation is 2. The van der Waals surface area contributed by atoms with Gasteiger partial charge in [-0.3, -0.25) is 9.67 Å². The molecule has 1 atom stereocenters. The molecular formula is C21H39N5O. The molecule has 1 unspecified atom stereocenters. The van der Waals surface area contributed by atoms with Crippen LogP contribution in [0.25, 0.3) is 0 Å². The number of rotatable bonds is 9. The molecule has 154 valence electrons. The molecule has 6 heteroatoms. The van der Waals surface area contributed by atoms with E-state index in [0.29, 0.717) is 11.5 Å². The van der Waals surface area contributed by atoms with Crippen molar-refractivity contribution in [2.24, 2.45) is 17.5 Å².